The molecule has 2 aromatic rings. The quantitative estimate of drug-likeness (QED) is 0.661. The van der Waals surface area contributed by atoms with Crippen LogP contribution < -0.4 is 5.43 Å². The van der Waals surface area contributed by atoms with E-state index in [4.69, 9.17) is 0 Å². The van der Waals surface area contributed by atoms with Crippen molar-refractivity contribution >= 4 is 11.6 Å². The maximum atomic E-state index is 11.8. The number of hydrogen-bond acceptors (Lipinski definition) is 2. The lowest BCUT2D eigenvalue weighted by Crippen LogP contribution is -2.19. The van der Waals surface area contributed by atoms with E-state index in [-0.39, 0.29) is 5.91 Å². The summed E-state index contributed by atoms with van der Waals surface area (Å²) in [4.78, 5) is 11.8. The average molecular weight is 280 g/mol. The van der Waals surface area contributed by atoms with Gasteiger partial charge in [-0.3, -0.25) is 4.79 Å². The molecule has 0 aliphatic carbocycles. The van der Waals surface area contributed by atoms with E-state index >= 15 is 0 Å². The Morgan fingerprint density at radius 3 is 2.57 bits per heavy atom. The Bertz CT molecular complexity index is 633. The Kier molecular flexibility index (Phi) is 5.27. The third-order valence-electron chi connectivity index (χ3n) is 3.27. The smallest absolute Gasteiger partial charge is 0.240 e. The summed E-state index contributed by atoms with van der Waals surface area (Å²) in [6.07, 6.45) is 1.17. The summed E-state index contributed by atoms with van der Waals surface area (Å²) in [6, 6.07) is 18.0. The molecule has 0 aliphatic heterocycles. The number of benzene rings is 2. The molecular formula is C18H20N2O. The summed E-state index contributed by atoms with van der Waals surface area (Å²) in [7, 11) is 0. The van der Waals surface area contributed by atoms with Crippen molar-refractivity contribution in [3.05, 3.63) is 71.3 Å². The van der Waals surface area contributed by atoms with Crippen LogP contribution in [0, 0.1) is 6.92 Å². The van der Waals surface area contributed by atoms with E-state index in [2.05, 4.69) is 16.6 Å². The number of nitrogens with one attached hydrogen (secondary N) is 1. The lowest BCUT2D eigenvalue weighted by atomic mass is 10.1. The van der Waals surface area contributed by atoms with Crippen molar-refractivity contribution in [2.45, 2.75) is 26.7 Å². The van der Waals surface area contributed by atoms with Gasteiger partial charge in [-0.2, -0.15) is 5.10 Å². The van der Waals surface area contributed by atoms with Crippen LogP contribution in [0.1, 0.15) is 30.0 Å². The molecule has 0 unspecified atom stereocenters. The van der Waals surface area contributed by atoms with E-state index in [1.54, 1.807) is 0 Å². The summed E-state index contributed by atoms with van der Waals surface area (Å²) in [5, 5.41) is 4.16. The standard InChI is InChI=1S/C18H20N2O/c1-14-7-6-10-17(13-14)15(2)19-20-18(21)12-11-16-8-4-3-5-9-16/h3-10,13H,11-12H2,1-2H3,(H,20,21)/b19-15+. The number of carbonyl (C=O) groups excluding carboxylic acids is 1. The van der Waals surface area contributed by atoms with E-state index in [0.717, 1.165) is 23.3 Å². The predicted octanol–water partition coefficient (Wildman–Crippen LogP) is 3.47. The maximum Gasteiger partial charge on any atom is 0.240 e. The second-order valence-electron chi connectivity index (χ2n) is 5.09. The van der Waals surface area contributed by atoms with Gasteiger partial charge in [-0.1, -0.05) is 60.2 Å². The number of carbonyl (C=O) groups is 1. The second-order valence-corrected chi connectivity index (χ2v) is 5.09. The molecule has 0 heterocycles. The molecular weight excluding hydrogens is 260 g/mol. The van der Waals surface area contributed by atoms with Gasteiger partial charge in [0.2, 0.25) is 5.91 Å². The van der Waals surface area contributed by atoms with Crippen molar-refractivity contribution in [3.63, 3.8) is 0 Å². The minimum Gasteiger partial charge on any atom is -0.273 e. The van der Waals surface area contributed by atoms with Gasteiger partial charge in [0.1, 0.15) is 0 Å². The highest BCUT2D eigenvalue weighted by Gasteiger charge is 2.02. The third kappa shape index (κ3) is 4.88. The highest BCUT2D eigenvalue weighted by atomic mass is 16.2. The molecule has 0 spiro atoms. The predicted molar refractivity (Wildman–Crippen MR) is 86.3 cm³/mol. The number of hydrogen-bond donors (Lipinski definition) is 1. The molecule has 108 valence electrons. The topological polar surface area (TPSA) is 41.5 Å². The van der Waals surface area contributed by atoms with Crippen LogP contribution in [0.25, 0.3) is 0 Å². The highest BCUT2D eigenvalue weighted by Crippen LogP contribution is 2.05. The molecule has 1 amide bonds. The number of rotatable bonds is 5. The average Bonchev–Trinajstić information content (AvgIpc) is 2.51. The van der Waals surface area contributed by atoms with Crippen LogP contribution in [0.3, 0.4) is 0 Å². The van der Waals surface area contributed by atoms with Gasteiger partial charge in [-0.15, -0.1) is 0 Å². The van der Waals surface area contributed by atoms with Crippen molar-refractivity contribution in [2.24, 2.45) is 5.10 Å². The van der Waals surface area contributed by atoms with E-state index < -0.39 is 0 Å². The Hall–Kier alpha value is -2.42. The van der Waals surface area contributed by atoms with Crippen LogP contribution in [-0.4, -0.2) is 11.6 Å². The minimum absolute atomic E-state index is 0.0640. The van der Waals surface area contributed by atoms with Crippen molar-refractivity contribution in [3.8, 4) is 0 Å². The lowest BCUT2D eigenvalue weighted by Gasteiger charge is -2.04. The summed E-state index contributed by atoms with van der Waals surface area (Å²) < 4.78 is 0. The summed E-state index contributed by atoms with van der Waals surface area (Å²) in [6.45, 7) is 3.93. The summed E-state index contributed by atoms with van der Waals surface area (Å²) >= 11 is 0. The van der Waals surface area contributed by atoms with Gasteiger partial charge in [-0.25, -0.2) is 5.43 Å². The highest BCUT2D eigenvalue weighted by molar-refractivity contribution is 5.99. The molecule has 3 heteroatoms. The van der Waals surface area contributed by atoms with Gasteiger partial charge in [0.15, 0.2) is 0 Å². The molecule has 2 rings (SSSR count). The van der Waals surface area contributed by atoms with E-state index in [1.165, 1.54) is 5.56 Å². The van der Waals surface area contributed by atoms with Gasteiger partial charge in [0.25, 0.3) is 0 Å². The molecule has 21 heavy (non-hydrogen) atoms. The first-order valence-electron chi connectivity index (χ1n) is 7.09. The molecule has 0 saturated carbocycles. The summed E-state index contributed by atoms with van der Waals surface area (Å²) in [5.74, 6) is -0.0640. The fourth-order valence-electron chi connectivity index (χ4n) is 2.04. The van der Waals surface area contributed by atoms with Crippen molar-refractivity contribution in [1.82, 2.24) is 5.43 Å². The van der Waals surface area contributed by atoms with Crippen LogP contribution in [0.15, 0.2) is 59.7 Å². The van der Waals surface area contributed by atoms with Gasteiger partial charge in [-0.05, 0) is 31.4 Å². The van der Waals surface area contributed by atoms with E-state index in [1.807, 2.05) is 62.4 Å². The first kappa shape index (κ1) is 15.0. The van der Waals surface area contributed by atoms with Crippen molar-refractivity contribution < 1.29 is 4.79 Å². The van der Waals surface area contributed by atoms with Crippen molar-refractivity contribution in [2.75, 3.05) is 0 Å². The zero-order chi connectivity index (χ0) is 15.1. The van der Waals surface area contributed by atoms with Crippen LogP contribution >= 0.6 is 0 Å². The van der Waals surface area contributed by atoms with E-state index in [0.29, 0.717) is 6.42 Å². The molecule has 2 aromatic carbocycles. The van der Waals surface area contributed by atoms with Crippen LogP contribution in [0.4, 0.5) is 0 Å². The minimum atomic E-state index is -0.0640. The molecule has 0 bridgehead atoms. The zero-order valence-corrected chi connectivity index (χ0v) is 12.5. The molecule has 0 aromatic heterocycles. The number of hydrazone groups is 1. The third-order valence-corrected chi connectivity index (χ3v) is 3.27. The van der Waals surface area contributed by atoms with Crippen LogP contribution in [-0.2, 0) is 11.2 Å². The summed E-state index contributed by atoms with van der Waals surface area (Å²) in [5.41, 5.74) is 6.80. The van der Waals surface area contributed by atoms with Gasteiger partial charge < -0.3 is 0 Å². The van der Waals surface area contributed by atoms with Gasteiger partial charge in [0, 0.05) is 6.42 Å². The molecule has 0 saturated heterocycles. The number of aryl methyl sites for hydroxylation is 2. The molecule has 0 fully saturated rings. The van der Waals surface area contributed by atoms with E-state index in [9.17, 15) is 4.79 Å². The van der Waals surface area contributed by atoms with Gasteiger partial charge in [0.05, 0.1) is 5.71 Å². The Morgan fingerprint density at radius 1 is 1.10 bits per heavy atom. The van der Waals surface area contributed by atoms with Crippen molar-refractivity contribution in [1.29, 1.82) is 0 Å². The Morgan fingerprint density at radius 2 is 1.86 bits per heavy atom. The Balaban J connectivity index is 1.87. The second kappa shape index (κ2) is 7.39. The number of amides is 1. The molecule has 0 atom stereocenters. The largest absolute Gasteiger partial charge is 0.273 e. The molecule has 0 radical (unpaired) electrons. The van der Waals surface area contributed by atoms with Crippen LogP contribution in [0.5, 0.6) is 0 Å². The van der Waals surface area contributed by atoms with Crippen LogP contribution in [0.2, 0.25) is 0 Å². The van der Waals surface area contributed by atoms with Gasteiger partial charge >= 0.3 is 0 Å². The normalized spacial score (nSPS) is 11.2. The maximum absolute atomic E-state index is 11.8. The molecule has 1 N–H and O–H groups in total. The zero-order valence-electron chi connectivity index (χ0n) is 12.5. The Labute approximate surface area is 125 Å². The molecule has 3 nitrogen and oxygen atoms in total. The fraction of sp³-hybridized carbons (Fsp3) is 0.222. The lowest BCUT2D eigenvalue weighted by molar-refractivity contribution is -0.121. The fourth-order valence-corrected chi connectivity index (χ4v) is 2.04. The first-order valence-corrected chi connectivity index (χ1v) is 7.09. The first-order chi connectivity index (χ1) is 10.1. The monoisotopic (exact) mass is 280 g/mol. The molecule has 0 aliphatic rings. The SMILES string of the molecule is C/C(=N\NC(=O)CCc1ccccc1)c1cccc(C)c1. The number of nitrogens with zero attached hydrogens (tertiary/aromatic N) is 1.